The number of carbonyl (C=O) groups is 1. The van der Waals surface area contributed by atoms with Crippen molar-refractivity contribution in [2.75, 3.05) is 32.6 Å². The molecule has 8 heteroatoms. The van der Waals surface area contributed by atoms with Gasteiger partial charge in [0, 0.05) is 44.5 Å². The number of rotatable bonds is 5. The van der Waals surface area contributed by atoms with Gasteiger partial charge in [0.1, 0.15) is 5.60 Å². The van der Waals surface area contributed by atoms with Crippen molar-refractivity contribution in [1.82, 2.24) is 5.32 Å². The normalized spacial score (nSPS) is 21.2. The smallest absolute Gasteiger partial charge is 0.270 e. The molecule has 8 nitrogen and oxygen atoms in total. The summed E-state index contributed by atoms with van der Waals surface area (Å²) in [6, 6.07) is 3.76. The summed E-state index contributed by atoms with van der Waals surface area (Å²) < 4.78 is 10.7. The number of nitro benzene ring substituents is 1. The molecule has 1 heterocycles. The number of methoxy groups -OCH3 is 1. The highest BCUT2D eigenvalue weighted by molar-refractivity contribution is 5.99. The van der Waals surface area contributed by atoms with Crippen molar-refractivity contribution >= 4 is 17.3 Å². The Morgan fingerprint density at radius 3 is 2.95 bits per heavy atom. The van der Waals surface area contributed by atoms with E-state index >= 15 is 0 Å². The van der Waals surface area contributed by atoms with Gasteiger partial charge in [0.25, 0.3) is 11.6 Å². The fourth-order valence-corrected chi connectivity index (χ4v) is 2.15. The van der Waals surface area contributed by atoms with Crippen LogP contribution >= 0.6 is 0 Å². The SMILES string of the molecule is COC1(CNC(=O)c2cc([N+](=O)[O-])ccc2N)CCOC1. The highest BCUT2D eigenvalue weighted by Crippen LogP contribution is 2.23. The molecule has 21 heavy (non-hydrogen) atoms. The summed E-state index contributed by atoms with van der Waals surface area (Å²) in [5, 5.41) is 13.4. The number of hydrogen-bond donors (Lipinski definition) is 2. The Labute approximate surface area is 121 Å². The van der Waals surface area contributed by atoms with Crippen LogP contribution in [0.1, 0.15) is 16.8 Å². The second kappa shape index (κ2) is 6.06. The molecule has 0 spiro atoms. The van der Waals surface area contributed by atoms with Crippen LogP contribution in [0.3, 0.4) is 0 Å². The number of nitrogen functional groups attached to an aromatic ring is 1. The number of nitrogens with two attached hydrogens (primary N) is 1. The van der Waals surface area contributed by atoms with Gasteiger partial charge in [0.15, 0.2) is 0 Å². The first kappa shape index (κ1) is 15.2. The average Bonchev–Trinajstić information content (AvgIpc) is 2.94. The van der Waals surface area contributed by atoms with Gasteiger partial charge in [-0.1, -0.05) is 0 Å². The van der Waals surface area contributed by atoms with Gasteiger partial charge in [-0.25, -0.2) is 0 Å². The monoisotopic (exact) mass is 295 g/mol. The Hall–Kier alpha value is -2.19. The number of nitrogens with zero attached hydrogens (tertiary/aromatic N) is 1. The molecule has 1 saturated heterocycles. The molecule has 0 aliphatic carbocycles. The minimum Gasteiger partial charge on any atom is -0.398 e. The molecular formula is C13H17N3O5. The number of anilines is 1. The zero-order chi connectivity index (χ0) is 15.5. The Kier molecular flexibility index (Phi) is 4.39. The maximum atomic E-state index is 12.1. The fraction of sp³-hybridized carbons (Fsp3) is 0.462. The molecule has 1 fully saturated rings. The van der Waals surface area contributed by atoms with Crippen LogP contribution in [-0.2, 0) is 9.47 Å². The molecule has 1 aromatic carbocycles. The number of ether oxygens (including phenoxy) is 2. The van der Waals surface area contributed by atoms with Gasteiger partial charge in [-0.15, -0.1) is 0 Å². The number of carbonyl (C=O) groups excluding carboxylic acids is 1. The van der Waals surface area contributed by atoms with Gasteiger partial charge in [0.05, 0.1) is 17.1 Å². The first-order valence-electron chi connectivity index (χ1n) is 6.42. The van der Waals surface area contributed by atoms with Crippen molar-refractivity contribution in [3.63, 3.8) is 0 Å². The predicted octanol–water partition coefficient (Wildman–Crippen LogP) is 0.712. The van der Waals surface area contributed by atoms with Crippen LogP contribution in [0.4, 0.5) is 11.4 Å². The highest BCUT2D eigenvalue weighted by Gasteiger charge is 2.35. The molecule has 0 bridgehead atoms. The lowest BCUT2D eigenvalue weighted by Gasteiger charge is -2.25. The number of nitro groups is 1. The molecule has 1 aromatic rings. The molecular weight excluding hydrogens is 278 g/mol. The number of non-ortho nitro benzene ring substituents is 1. The second-order valence-electron chi connectivity index (χ2n) is 4.90. The maximum Gasteiger partial charge on any atom is 0.270 e. The van der Waals surface area contributed by atoms with E-state index in [0.717, 1.165) is 6.07 Å². The molecule has 1 atom stereocenters. The lowest BCUT2D eigenvalue weighted by atomic mass is 10.0. The molecule has 1 unspecified atom stereocenters. The number of hydrogen-bond acceptors (Lipinski definition) is 6. The summed E-state index contributed by atoms with van der Waals surface area (Å²) in [7, 11) is 1.56. The highest BCUT2D eigenvalue weighted by atomic mass is 16.6. The van der Waals surface area contributed by atoms with Crippen LogP contribution in [0.5, 0.6) is 0 Å². The van der Waals surface area contributed by atoms with E-state index in [1.165, 1.54) is 12.1 Å². The lowest BCUT2D eigenvalue weighted by Crippen LogP contribution is -2.45. The summed E-state index contributed by atoms with van der Waals surface area (Å²) in [4.78, 5) is 22.3. The van der Waals surface area contributed by atoms with Gasteiger partial charge in [-0.3, -0.25) is 14.9 Å². The van der Waals surface area contributed by atoms with Crippen molar-refractivity contribution in [2.45, 2.75) is 12.0 Å². The molecule has 3 N–H and O–H groups in total. The third kappa shape index (κ3) is 3.29. The van der Waals surface area contributed by atoms with E-state index in [1.807, 2.05) is 0 Å². The van der Waals surface area contributed by atoms with Crippen LogP contribution in [0.15, 0.2) is 18.2 Å². The molecule has 0 saturated carbocycles. The summed E-state index contributed by atoms with van der Waals surface area (Å²) in [5.41, 5.74) is 5.23. The summed E-state index contributed by atoms with van der Waals surface area (Å²) in [6.07, 6.45) is 0.675. The maximum absolute atomic E-state index is 12.1. The van der Waals surface area contributed by atoms with E-state index in [2.05, 4.69) is 5.32 Å². The molecule has 1 aliphatic heterocycles. The Balaban J connectivity index is 2.09. The fourth-order valence-electron chi connectivity index (χ4n) is 2.15. The first-order valence-corrected chi connectivity index (χ1v) is 6.42. The van der Waals surface area contributed by atoms with Gasteiger partial charge in [-0.2, -0.15) is 0 Å². The minimum atomic E-state index is -0.572. The Bertz CT molecular complexity index is 555. The molecule has 0 aromatic heterocycles. The van der Waals surface area contributed by atoms with Gasteiger partial charge in [-0.05, 0) is 6.07 Å². The number of amides is 1. The summed E-state index contributed by atoms with van der Waals surface area (Å²) >= 11 is 0. The van der Waals surface area contributed by atoms with E-state index in [4.69, 9.17) is 15.2 Å². The molecule has 114 valence electrons. The largest absolute Gasteiger partial charge is 0.398 e. The standard InChI is InChI=1S/C13H17N3O5/c1-20-13(4-5-21-8-13)7-15-12(17)10-6-9(16(18)19)2-3-11(10)14/h2-3,6H,4-5,7-8,14H2,1H3,(H,15,17). The topological polar surface area (TPSA) is 117 Å². The van der Waals surface area contributed by atoms with Crippen molar-refractivity contribution < 1.29 is 19.2 Å². The molecule has 0 radical (unpaired) electrons. The quantitative estimate of drug-likeness (QED) is 0.469. The van der Waals surface area contributed by atoms with Crippen molar-refractivity contribution in [2.24, 2.45) is 0 Å². The first-order chi connectivity index (χ1) is 9.97. The Morgan fingerprint density at radius 2 is 2.38 bits per heavy atom. The number of benzene rings is 1. The van der Waals surface area contributed by atoms with Gasteiger partial charge in [0.2, 0.25) is 0 Å². The van der Waals surface area contributed by atoms with E-state index < -0.39 is 16.4 Å². The predicted molar refractivity (Wildman–Crippen MR) is 75.0 cm³/mol. The van der Waals surface area contributed by atoms with Crippen LogP contribution in [0.2, 0.25) is 0 Å². The van der Waals surface area contributed by atoms with Crippen LogP contribution < -0.4 is 11.1 Å². The zero-order valence-corrected chi connectivity index (χ0v) is 11.6. The lowest BCUT2D eigenvalue weighted by molar-refractivity contribution is -0.384. The summed E-state index contributed by atoms with van der Waals surface area (Å²) in [5.74, 6) is -0.473. The van der Waals surface area contributed by atoms with E-state index in [9.17, 15) is 14.9 Å². The third-order valence-corrected chi connectivity index (χ3v) is 3.56. The van der Waals surface area contributed by atoms with E-state index in [0.29, 0.717) is 19.6 Å². The van der Waals surface area contributed by atoms with Crippen LogP contribution in [-0.4, -0.2) is 43.3 Å². The van der Waals surface area contributed by atoms with Gasteiger partial charge < -0.3 is 20.5 Å². The molecule has 1 amide bonds. The third-order valence-electron chi connectivity index (χ3n) is 3.56. The second-order valence-corrected chi connectivity index (χ2v) is 4.90. The van der Waals surface area contributed by atoms with Crippen LogP contribution in [0.25, 0.3) is 0 Å². The molecule has 2 rings (SSSR count). The van der Waals surface area contributed by atoms with Crippen molar-refractivity contribution in [3.8, 4) is 0 Å². The Morgan fingerprint density at radius 1 is 1.62 bits per heavy atom. The summed E-state index contributed by atoms with van der Waals surface area (Å²) in [6.45, 7) is 1.22. The average molecular weight is 295 g/mol. The van der Waals surface area contributed by atoms with Crippen molar-refractivity contribution in [1.29, 1.82) is 0 Å². The zero-order valence-electron chi connectivity index (χ0n) is 11.6. The number of nitrogens with one attached hydrogen (secondary N) is 1. The molecule has 1 aliphatic rings. The van der Waals surface area contributed by atoms with E-state index in [-0.39, 0.29) is 23.5 Å². The minimum absolute atomic E-state index is 0.0781. The van der Waals surface area contributed by atoms with E-state index in [1.54, 1.807) is 7.11 Å². The van der Waals surface area contributed by atoms with Crippen LogP contribution in [0, 0.1) is 10.1 Å². The van der Waals surface area contributed by atoms with Crippen molar-refractivity contribution in [3.05, 3.63) is 33.9 Å². The van der Waals surface area contributed by atoms with Gasteiger partial charge >= 0.3 is 0 Å².